The first-order chi connectivity index (χ1) is 16.6. The molecule has 0 fully saturated rings. The molecule has 0 saturated carbocycles. The molecule has 0 aromatic heterocycles. The fourth-order valence-corrected chi connectivity index (χ4v) is 3.84. The summed E-state index contributed by atoms with van der Waals surface area (Å²) < 4.78 is 10.5. The van der Waals surface area contributed by atoms with Crippen LogP contribution in [0.5, 0.6) is 0 Å². The van der Waals surface area contributed by atoms with Crippen molar-refractivity contribution in [3.8, 4) is 0 Å². The van der Waals surface area contributed by atoms with Gasteiger partial charge in [-0.15, -0.1) is 0 Å². The van der Waals surface area contributed by atoms with E-state index in [9.17, 15) is 9.59 Å². The van der Waals surface area contributed by atoms with E-state index < -0.39 is 0 Å². The molecule has 0 aliphatic carbocycles. The van der Waals surface area contributed by atoms with Crippen LogP contribution in [-0.4, -0.2) is 25.2 Å². The number of esters is 2. The Labute approximate surface area is 205 Å². The summed E-state index contributed by atoms with van der Waals surface area (Å²) in [6.45, 7) is 2.17. The lowest BCUT2D eigenvalue weighted by Crippen LogP contribution is -2.16. The number of carbonyl (C=O) groups excluding carboxylic acids is 2. The summed E-state index contributed by atoms with van der Waals surface area (Å²) in [6, 6.07) is 13.7. The van der Waals surface area contributed by atoms with Gasteiger partial charge in [0.25, 0.3) is 0 Å². The van der Waals surface area contributed by atoms with Gasteiger partial charge in [0.2, 0.25) is 0 Å². The molecule has 2 rings (SSSR count). The summed E-state index contributed by atoms with van der Waals surface area (Å²) in [5, 5.41) is 2.16. The summed E-state index contributed by atoms with van der Waals surface area (Å²) >= 11 is 0. The van der Waals surface area contributed by atoms with Crippen molar-refractivity contribution < 1.29 is 19.1 Å². The van der Waals surface area contributed by atoms with E-state index in [2.05, 4.69) is 17.7 Å². The van der Waals surface area contributed by atoms with Crippen LogP contribution in [0.25, 0.3) is 10.8 Å². The summed E-state index contributed by atoms with van der Waals surface area (Å²) in [5.41, 5.74) is 0.592. The van der Waals surface area contributed by atoms with Crippen LogP contribution < -0.4 is 0 Å². The van der Waals surface area contributed by atoms with E-state index in [0.717, 1.165) is 75.0 Å². The van der Waals surface area contributed by atoms with E-state index in [1.54, 1.807) is 0 Å². The first kappa shape index (κ1) is 27.4. The van der Waals surface area contributed by atoms with Crippen molar-refractivity contribution in [3.05, 3.63) is 72.3 Å². The second kappa shape index (κ2) is 16.7. The van der Waals surface area contributed by atoms with Crippen LogP contribution in [0.3, 0.4) is 0 Å². The first-order valence-electron chi connectivity index (χ1n) is 12.7. The summed E-state index contributed by atoms with van der Waals surface area (Å²) in [4.78, 5) is 23.9. The lowest BCUT2D eigenvalue weighted by atomic mass is 10.1. The summed E-state index contributed by atoms with van der Waals surface area (Å²) in [6.07, 6.45) is 19.1. The average Bonchev–Trinajstić information content (AvgIpc) is 2.86. The van der Waals surface area contributed by atoms with Gasteiger partial charge in [0.1, 0.15) is 6.10 Å². The number of allylic oxidation sites excluding steroid dienone is 3. The SMILES string of the molecule is CCCCC[C@@H](/C=C/C=C\CCCCCCCC(=O)OC)OC(=O)c1ccc2ccccc2c1. The van der Waals surface area contributed by atoms with Crippen LogP contribution in [0.4, 0.5) is 0 Å². The third kappa shape index (κ3) is 10.8. The third-order valence-electron chi connectivity index (χ3n) is 5.89. The minimum atomic E-state index is -0.270. The van der Waals surface area contributed by atoms with Gasteiger partial charge < -0.3 is 9.47 Å². The molecule has 0 spiro atoms. The molecule has 4 heteroatoms. The Balaban J connectivity index is 1.77. The first-order valence-corrected chi connectivity index (χ1v) is 12.7. The van der Waals surface area contributed by atoms with Gasteiger partial charge >= 0.3 is 11.9 Å². The van der Waals surface area contributed by atoms with Gasteiger partial charge in [-0.3, -0.25) is 4.79 Å². The number of methoxy groups -OCH3 is 1. The maximum Gasteiger partial charge on any atom is 0.338 e. The monoisotopic (exact) mass is 464 g/mol. The Bertz CT molecular complexity index is 928. The quantitative estimate of drug-likeness (QED) is 0.144. The van der Waals surface area contributed by atoms with Gasteiger partial charge in [-0.1, -0.05) is 87.6 Å². The van der Waals surface area contributed by atoms with Gasteiger partial charge in [0.15, 0.2) is 0 Å². The van der Waals surface area contributed by atoms with Crippen LogP contribution in [0, 0.1) is 0 Å². The van der Waals surface area contributed by atoms with E-state index in [-0.39, 0.29) is 18.0 Å². The predicted octanol–water partition coefficient (Wildman–Crippen LogP) is 7.96. The van der Waals surface area contributed by atoms with Gasteiger partial charge in [-0.05, 0) is 61.1 Å². The van der Waals surface area contributed by atoms with Crippen molar-refractivity contribution in [2.24, 2.45) is 0 Å². The molecule has 0 aliphatic heterocycles. The Morgan fingerprint density at radius 2 is 1.65 bits per heavy atom. The molecule has 34 heavy (non-hydrogen) atoms. The zero-order valence-electron chi connectivity index (χ0n) is 20.8. The highest BCUT2D eigenvalue weighted by Gasteiger charge is 2.14. The second-order valence-electron chi connectivity index (χ2n) is 8.70. The van der Waals surface area contributed by atoms with Gasteiger partial charge in [-0.25, -0.2) is 4.79 Å². The summed E-state index contributed by atoms with van der Waals surface area (Å²) in [5.74, 6) is -0.390. The predicted molar refractivity (Wildman–Crippen MR) is 140 cm³/mol. The smallest absolute Gasteiger partial charge is 0.338 e. The van der Waals surface area contributed by atoms with Crippen molar-refractivity contribution in [3.63, 3.8) is 0 Å². The lowest BCUT2D eigenvalue weighted by Gasteiger charge is -2.14. The molecule has 0 N–H and O–H groups in total. The molecule has 0 radical (unpaired) electrons. The van der Waals surface area contributed by atoms with Gasteiger partial charge in [0.05, 0.1) is 12.7 Å². The molecule has 1 atom stereocenters. The standard InChI is InChI=1S/C30H40O4/c1-3-4-12-19-28(20-13-10-8-6-5-7-9-11-14-21-29(31)33-2)34-30(32)27-23-22-25-17-15-16-18-26(25)24-27/h8,10,13,15-18,20,22-24,28H,3-7,9,11-12,14,19,21H2,1-2H3/b10-8-,20-13+/t28-/m0/s1. The van der Waals surface area contributed by atoms with Crippen molar-refractivity contribution >= 4 is 22.7 Å². The number of hydrogen-bond donors (Lipinski definition) is 0. The lowest BCUT2D eigenvalue weighted by molar-refractivity contribution is -0.140. The van der Waals surface area contributed by atoms with E-state index in [0.29, 0.717) is 12.0 Å². The van der Waals surface area contributed by atoms with Crippen molar-refractivity contribution in [2.75, 3.05) is 7.11 Å². The average molecular weight is 465 g/mol. The van der Waals surface area contributed by atoms with Crippen LogP contribution >= 0.6 is 0 Å². The van der Waals surface area contributed by atoms with Crippen LogP contribution in [0.1, 0.15) is 87.9 Å². The molecule has 0 aliphatic rings. The minimum absolute atomic E-state index is 0.120. The van der Waals surface area contributed by atoms with Crippen LogP contribution in [0.2, 0.25) is 0 Å². The van der Waals surface area contributed by atoms with Crippen LogP contribution in [0.15, 0.2) is 66.8 Å². The van der Waals surface area contributed by atoms with E-state index in [1.807, 2.05) is 60.7 Å². The maximum absolute atomic E-state index is 12.8. The number of carbonyl (C=O) groups is 2. The number of ether oxygens (including phenoxy) is 2. The van der Waals surface area contributed by atoms with E-state index in [4.69, 9.17) is 4.74 Å². The Kier molecular flexibility index (Phi) is 13.4. The van der Waals surface area contributed by atoms with E-state index in [1.165, 1.54) is 7.11 Å². The Hall–Kier alpha value is -2.88. The molecule has 0 saturated heterocycles. The molecule has 0 unspecified atom stereocenters. The van der Waals surface area contributed by atoms with Gasteiger partial charge in [0, 0.05) is 6.42 Å². The minimum Gasteiger partial charge on any atom is -0.469 e. The normalized spacial score (nSPS) is 12.4. The molecule has 4 nitrogen and oxygen atoms in total. The number of hydrogen-bond acceptors (Lipinski definition) is 4. The van der Waals surface area contributed by atoms with Gasteiger partial charge in [-0.2, -0.15) is 0 Å². The molecule has 0 bridgehead atoms. The largest absolute Gasteiger partial charge is 0.469 e. The summed E-state index contributed by atoms with van der Waals surface area (Å²) in [7, 11) is 1.44. The number of benzene rings is 2. The number of fused-ring (bicyclic) bond motifs is 1. The fraction of sp³-hybridized carbons (Fsp3) is 0.467. The Morgan fingerprint density at radius 3 is 2.44 bits per heavy atom. The topological polar surface area (TPSA) is 52.6 Å². The zero-order chi connectivity index (χ0) is 24.4. The van der Waals surface area contributed by atoms with Crippen molar-refractivity contribution in [2.45, 2.75) is 83.7 Å². The maximum atomic E-state index is 12.8. The molecular weight excluding hydrogens is 424 g/mol. The van der Waals surface area contributed by atoms with Crippen molar-refractivity contribution in [1.82, 2.24) is 0 Å². The fourth-order valence-electron chi connectivity index (χ4n) is 3.84. The highest BCUT2D eigenvalue weighted by molar-refractivity contribution is 5.95. The molecule has 2 aromatic carbocycles. The highest BCUT2D eigenvalue weighted by Crippen LogP contribution is 2.18. The molecule has 0 heterocycles. The number of rotatable bonds is 16. The highest BCUT2D eigenvalue weighted by atomic mass is 16.5. The molecule has 0 amide bonds. The van der Waals surface area contributed by atoms with Crippen molar-refractivity contribution in [1.29, 1.82) is 0 Å². The molecular formula is C30H40O4. The van der Waals surface area contributed by atoms with Crippen LogP contribution in [-0.2, 0) is 14.3 Å². The molecule has 184 valence electrons. The second-order valence-corrected chi connectivity index (χ2v) is 8.70. The zero-order valence-corrected chi connectivity index (χ0v) is 20.8. The van der Waals surface area contributed by atoms with E-state index >= 15 is 0 Å². The molecule has 2 aromatic rings. The Morgan fingerprint density at radius 1 is 0.882 bits per heavy atom. The third-order valence-corrected chi connectivity index (χ3v) is 5.89. The number of unbranched alkanes of at least 4 members (excludes halogenated alkanes) is 7.